The highest BCUT2D eigenvalue weighted by molar-refractivity contribution is 5.99. The van der Waals surface area contributed by atoms with Crippen molar-refractivity contribution in [1.82, 2.24) is 9.88 Å². The molecular formula is C18H24N2O. The van der Waals surface area contributed by atoms with Crippen LogP contribution < -0.4 is 0 Å². The molecule has 1 aliphatic rings. The molecule has 21 heavy (non-hydrogen) atoms. The van der Waals surface area contributed by atoms with E-state index in [-0.39, 0.29) is 5.91 Å². The molecular weight excluding hydrogens is 260 g/mol. The number of nitrogens with zero attached hydrogens (tertiary/aromatic N) is 1. The maximum atomic E-state index is 12.8. The number of hydrogen-bond acceptors (Lipinski definition) is 1. The first-order chi connectivity index (χ1) is 9.94. The molecule has 3 heteroatoms. The fourth-order valence-electron chi connectivity index (χ4n) is 3.71. The van der Waals surface area contributed by atoms with Crippen LogP contribution in [0.4, 0.5) is 0 Å². The molecule has 0 saturated carbocycles. The molecule has 1 fully saturated rings. The number of hydrogen-bond donors (Lipinski definition) is 1. The van der Waals surface area contributed by atoms with Gasteiger partial charge in [-0.05, 0) is 55.4 Å². The molecule has 0 spiro atoms. The summed E-state index contributed by atoms with van der Waals surface area (Å²) < 4.78 is 0. The number of benzene rings is 1. The van der Waals surface area contributed by atoms with Gasteiger partial charge in [0.05, 0.1) is 0 Å². The summed E-state index contributed by atoms with van der Waals surface area (Å²) >= 11 is 0. The number of fused-ring (bicyclic) bond motifs is 1. The van der Waals surface area contributed by atoms with Gasteiger partial charge in [-0.25, -0.2) is 0 Å². The molecule has 2 unspecified atom stereocenters. The molecule has 3 nitrogen and oxygen atoms in total. The van der Waals surface area contributed by atoms with Gasteiger partial charge in [0.1, 0.15) is 5.69 Å². The SMILES string of the molecule is Cc1cc(C)c2cc(C(=O)N3CC(C)CC(C)C3)[nH]c2c1. The first-order valence-corrected chi connectivity index (χ1v) is 7.83. The van der Waals surface area contributed by atoms with E-state index >= 15 is 0 Å². The number of amides is 1. The van der Waals surface area contributed by atoms with Crippen molar-refractivity contribution >= 4 is 16.8 Å². The summed E-state index contributed by atoms with van der Waals surface area (Å²) in [6.45, 7) is 10.4. The van der Waals surface area contributed by atoms with Gasteiger partial charge in [-0.15, -0.1) is 0 Å². The molecule has 2 atom stereocenters. The van der Waals surface area contributed by atoms with Crippen LogP contribution in [0, 0.1) is 25.7 Å². The molecule has 2 aromatic rings. The van der Waals surface area contributed by atoms with Gasteiger partial charge >= 0.3 is 0 Å². The second-order valence-electron chi connectivity index (χ2n) is 6.88. The normalized spacial score (nSPS) is 22.8. The van der Waals surface area contributed by atoms with Crippen molar-refractivity contribution in [3.63, 3.8) is 0 Å². The summed E-state index contributed by atoms with van der Waals surface area (Å²) in [5.74, 6) is 1.32. The predicted molar refractivity (Wildman–Crippen MR) is 86.6 cm³/mol. The van der Waals surface area contributed by atoms with Gasteiger partial charge in [0.2, 0.25) is 0 Å². The zero-order valence-corrected chi connectivity index (χ0v) is 13.4. The van der Waals surface area contributed by atoms with Crippen molar-refractivity contribution in [3.05, 3.63) is 35.0 Å². The largest absolute Gasteiger partial charge is 0.351 e. The van der Waals surface area contributed by atoms with Gasteiger partial charge in [0, 0.05) is 24.0 Å². The van der Waals surface area contributed by atoms with Crippen molar-refractivity contribution in [2.75, 3.05) is 13.1 Å². The maximum Gasteiger partial charge on any atom is 0.270 e. The van der Waals surface area contributed by atoms with Gasteiger partial charge in [0.15, 0.2) is 0 Å². The van der Waals surface area contributed by atoms with Crippen molar-refractivity contribution < 1.29 is 4.79 Å². The summed E-state index contributed by atoms with van der Waals surface area (Å²) in [4.78, 5) is 18.1. The Hall–Kier alpha value is -1.77. The van der Waals surface area contributed by atoms with Crippen molar-refractivity contribution in [2.24, 2.45) is 11.8 Å². The number of piperidine rings is 1. The fourth-order valence-corrected chi connectivity index (χ4v) is 3.71. The molecule has 112 valence electrons. The average Bonchev–Trinajstić information content (AvgIpc) is 2.80. The van der Waals surface area contributed by atoms with E-state index in [1.807, 2.05) is 11.0 Å². The van der Waals surface area contributed by atoms with Crippen molar-refractivity contribution in [3.8, 4) is 0 Å². The van der Waals surface area contributed by atoms with E-state index in [0.717, 1.165) is 29.7 Å². The van der Waals surface area contributed by atoms with E-state index in [1.54, 1.807) is 0 Å². The monoisotopic (exact) mass is 284 g/mol. The maximum absolute atomic E-state index is 12.8. The smallest absolute Gasteiger partial charge is 0.270 e. The summed E-state index contributed by atoms with van der Waals surface area (Å²) in [5, 5.41) is 1.15. The molecule has 1 N–H and O–H groups in total. The number of nitrogens with one attached hydrogen (secondary N) is 1. The molecule has 1 aliphatic heterocycles. The number of carbonyl (C=O) groups excluding carboxylic acids is 1. The quantitative estimate of drug-likeness (QED) is 0.847. The molecule has 1 amide bonds. The van der Waals surface area contributed by atoms with Crippen LogP contribution >= 0.6 is 0 Å². The third kappa shape index (κ3) is 2.69. The Morgan fingerprint density at radius 3 is 2.48 bits per heavy atom. The second-order valence-corrected chi connectivity index (χ2v) is 6.88. The first kappa shape index (κ1) is 14.2. The highest BCUT2D eigenvalue weighted by Crippen LogP contribution is 2.25. The zero-order chi connectivity index (χ0) is 15.1. The van der Waals surface area contributed by atoms with E-state index in [9.17, 15) is 4.79 Å². The lowest BCUT2D eigenvalue weighted by Crippen LogP contribution is -2.42. The number of aromatic amines is 1. The third-order valence-electron chi connectivity index (χ3n) is 4.48. The second kappa shape index (κ2) is 5.21. The van der Waals surface area contributed by atoms with Crippen LogP contribution in [0.1, 0.15) is 41.9 Å². The number of aromatic nitrogens is 1. The van der Waals surface area contributed by atoms with Crippen molar-refractivity contribution in [2.45, 2.75) is 34.1 Å². The lowest BCUT2D eigenvalue weighted by molar-refractivity contribution is 0.0618. The molecule has 1 aromatic carbocycles. The molecule has 0 radical (unpaired) electrons. The van der Waals surface area contributed by atoms with E-state index in [0.29, 0.717) is 11.8 Å². The minimum Gasteiger partial charge on any atom is -0.351 e. The number of carbonyl (C=O) groups is 1. The standard InChI is InChI=1S/C18H24N2O/c1-11-6-14(4)15-8-17(19-16(15)7-11)18(21)20-9-12(2)5-13(3)10-20/h6-8,12-13,19H,5,9-10H2,1-4H3. The highest BCUT2D eigenvalue weighted by Gasteiger charge is 2.27. The zero-order valence-electron chi connectivity index (χ0n) is 13.4. The van der Waals surface area contributed by atoms with E-state index < -0.39 is 0 Å². The van der Waals surface area contributed by atoms with Gasteiger partial charge < -0.3 is 9.88 Å². The Morgan fingerprint density at radius 2 is 1.81 bits per heavy atom. The summed E-state index contributed by atoms with van der Waals surface area (Å²) in [6, 6.07) is 6.28. The Balaban J connectivity index is 1.93. The Morgan fingerprint density at radius 1 is 1.14 bits per heavy atom. The van der Waals surface area contributed by atoms with Crippen LogP contribution in [0.25, 0.3) is 10.9 Å². The number of rotatable bonds is 1. The first-order valence-electron chi connectivity index (χ1n) is 7.83. The van der Waals surface area contributed by atoms with Gasteiger partial charge in [-0.2, -0.15) is 0 Å². The minimum atomic E-state index is 0.140. The van der Waals surface area contributed by atoms with Crippen LogP contribution in [0.2, 0.25) is 0 Å². The summed E-state index contributed by atoms with van der Waals surface area (Å²) in [5.41, 5.74) is 4.23. The van der Waals surface area contributed by atoms with E-state index in [4.69, 9.17) is 0 Å². The van der Waals surface area contributed by atoms with E-state index in [1.165, 1.54) is 17.5 Å². The van der Waals surface area contributed by atoms with Gasteiger partial charge in [0.25, 0.3) is 5.91 Å². The summed E-state index contributed by atoms with van der Waals surface area (Å²) in [6.07, 6.45) is 1.22. The Labute approximate surface area is 126 Å². The number of likely N-dealkylation sites (tertiary alicyclic amines) is 1. The lowest BCUT2D eigenvalue weighted by atomic mass is 9.92. The molecule has 1 aromatic heterocycles. The Kier molecular flexibility index (Phi) is 3.52. The summed E-state index contributed by atoms with van der Waals surface area (Å²) in [7, 11) is 0. The van der Waals surface area contributed by atoms with Crippen LogP contribution in [0.15, 0.2) is 18.2 Å². The topological polar surface area (TPSA) is 36.1 Å². The molecule has 0 aliphatic carbocycles. The molecule has 0 bridgehead atoms. The van der Waals surface area contributed by atoms with E-state index in [2.05, 4.69) is 44.8 Å². The van der Waals surface area contributed by atoms with Crippen molar-refractivity contribution in [1.29, 1.82) is 0 Å². The van der Waals surface area contributed by atoms with Crippen LogP contribution in [0.3, 0.4) is 0 Å². The minimum absolute atomic E-state index is 0.140. The van der Waals surface area contributed by atoms with Crippen LogP contribution in [-0.4, -0.2) is 28.9 Å². The van der Waals surface area contributed by atoms with Crippen LogP contribution in [0.5, 0.6) is 0 Å². The fraction of sp³-hybridized carbons (Fsp3) is 0.500. The lowest BCUT2D eigenvalue weighted by Gasteiger charge is -2.34. The molecule has 2 heterocycles. The predicted octanol–water partition coefficient (Wildman–Crippen LogP) is 3.90. The molecule has 1 saturated heterocycles. The van der Waals surface area contributed by atoms with Crippen LogP contribution in [-0.2, 0) is 0 Å². The highest BCUT2D eigenvalue weighted by atomic mass is 16.2. The third-order valence-corrected chi connectivity index (χ3v) is 4.48. The van der Waals surface area contributed by atoms with Gasteiger partial charge in [-0.3, -0.25) is 4.79 Å². The average molecular weight is 284 g/mol. The molecule has 3 rings (SSSR count). The number of aryl methyl sites for hydroxylation is 2. The number of H-pyrrole nitrogens is 1. The Bertz CT molecular complexity index is 676. The van der Waals surface area contributed by atoms with Gasteiger partial charge in [-0.1, -0.05) is 19.9 Å².